The minimum Gasteiger partial charge on any atom is -0.338 e. The largest absolute Gasteiger partial charge is 0.338 e. The first-order valence-electron chi connectivity index (χ1n) is 8.71. The summed E-state index contributed by atoms with van der Waals surface area (Å²) >= 11 is 0. The Labute approximate surface area is 157 Å². The zero-order valence-corrected chi connectivity index (χ0v) is 15.3. The monoisotopic (exact) mass is 370 g/mol. The summed E-state index contributed by atoms with van der Waals surface area (Å²) in [6.45, 7) is 6.94. The van der Waals surface area contributed by atoms with Crippen LogP contribution in [0.2, 0.25) is 0 Å². The van der Waals surface area contributed by atoms with Crippen LogP contribution in [0.1, 0.15) is 24.2 Å². The summed E-state index contributed by atoms with van der Waals surface area (Å²) in [6, 6.07) is 7.39. The van der Waals surface area contributed by atoms with Gasteiger partial charge in [-0.15, -0.1) is 0 Å². The molecule has 142 valence electrons. The van der Waals surface area contributed by atoms with Gasteiger partial charge in [-0.1, -0.05) is 0 Å². The topological polar surface area (TPSA) is 104 Å². The zero-order valence-electron chi connectivity index (χ0n) is 15.3. The summed E-state index contributed by atoms with van der Waals surface area (Å²) in [5, 5.41) is 13.7. The number of nitro benzene ring substituents is 1. The summed E-state index contributed by atoms with van der Waals surface area (Å²) in [5.41, 5.74) is -0.197. The molecular formula is C18H22N6O3. The second-order valence-corrected chi connectivity index (χ2v) is 6.84. The van der Waals surface area contributed by atoms with Crippen LogP contribution in [-0.4, -0.2) is 57.5 Å². The lowest BCUT2D eigenvalue weighted by molar-refractivity contribution is -0.384. The smallest absolute Gasteiger partial charge is 0.269 e. The van der Waals surface area contributed by atoms with Crippen molar-refractivity contribution in [2.75, 3.05) is 31.1 Å². The first-order valence-corrected chi connectivity index (χ1v) is 8.71. The zero-order chi connectivity index (χ0) is 19.4. The molecule has 0 atom stereocenters. The van der Waals surface area contributed by atoms with E-state index in [2.05, 4.69) is 25.1 Å². The summed E-state index contributed by atoms with van der Waals surface area (Å²) in [7, 11) is 0. The highest BCUT2D eigenvalue weighted by atomic mass is 16.6. The van der Waals surface area contributed by atoms with E-state index < -0.39 is 10.6 Å². The Kier molecular flexibility index (Phi) is 5.31. The van der Waals surface area contributed by atoms with Gasteiger partial charge in [0.15, 0.2) is 0 Å². The van der Waals surface area contributed by atoms with Crippen molar-refractivity contribution in [2.45, 2.75) is 19.5 Å². The third-order valence-corrected chi connectivity index (χ3v) is 4.66. The molecular weight excluding hydrogens is 348 g/mol. The van der Waals surface area contributed by atoms with Crippen LogP contribution in [-0.2, 0) is 0 Å². The molecule has 9 heteroatoms. The number of rotatable bonds is 5. The number of non-ortho nitro benzene ring substituents is 1. The molecule has 1 amide bonds. The Bertz CT molecular complexity index is 802. The number of nitrogens with zero attached hydrogens (tertiary/aromatic N) is 5. The number of piperazine rings is 1. The highest BCUT2D eigenvalue weighted by Gasteiger charge is 2.32. The number of nitro groups is 1. The molecule has 1 aliphatic rings. The lowest BCUT2D eigenvalue weighted by Crippen LogP contribution is -2.62. The van der Waals surface area contributed by atoms with Gasteiger partial charge in [-0.25, -0.2) is 9.97 Å². The van der Waals surface area contributed by atoms with Gasteiger partial charge in [0.2, 0.25) is 5.95 Å². The van der Waals surface area contributed by atoms with Gasteiger partial charge < -0.3 is 10.2 Å². The molecule has 1 N–H and O–H groups in total. The molecule has 0 unspecified atom stereocenters. The maximum atomic E-state index is 12.5. The number of carbonyl (C=O) groups excluding carboxylic acids is 1. The van der Waals surface area contributed by atoms with Crippen molar-refractivity contribution in [1.29, 1.82) is 0 Å². The standard InChI is InChI=1S/C18H22N6O3/c1-18(2,21-16(25)14-4-6-15(7-5-14)24(26)27)23-12-10-22(11-13-23)17-19-8-3-9-20-17/h3-9H,10-13H2,1-2H3,(H,21,25). The molecule has 9 nitrogen and oxygen atoms in total. The maximum absolute atomic E-state index is 12.5. The van der Waals surface area contributed by atoms with E-state index in [0.29, 0.717) is 11.5 Å². The number of aromatic nitrogens is 2. The molecule has 0 bridgehead atoms. The number of anilines is 1. The summed E-state index contributed by atoms with van der Waals surface area (Å²) in [6.07, 6.45) is 3.45. The van der Waals surface area contributed by atoms with E-state index >= 15 is 0 Å². The fourth-order valence-electron chi connectivity index (χ4n) is 3.08. The van der Waals surface area contributed by atoms with Crippen molar-refractivity contribution in [3.8, 4) is 0 Å². The molecule has 0 spiro atoms. The first kappa shape index (κ1) is 18.7. The molecule has 1 fully saturated rings. The van der Waals surface area contributed by atoms with Crippen molar-refractivity contribution >= 4 is 17.5 Å². The van der Waals surface area contributed by atoms with Crippen LogP contribution in [0.5, 0.6) is 0 Å². The molecule has 2 aromatic rings. The maximum Gasteiger partial charge on any atom is 0.269 e. The molecule has 1 aromatic heterocycles. The molecule has 0 radical (unpaired) electrons. The van der Waals surface area contributed by atoms with E-state index in [1.54, 1.807) is 18.5 Å². The second-order valence-electron chi connectivity index (χ2n) is 6.84. The van der Waals surface area contributed by atoms with Crippen LogP contribution in [0.4, 0.5) is 11.6 Å². The van der Waals surface area contributed by atoms with Gasteiger partial charge in [0, 0.05) is 56.3 Å². The fourth-order valence-corrected chi connectivity index (χ4v) is 3.08. The van der Waals surface area contributed by atoms with Gasteiger partial charge in [-0.2, -0.15) is 0 Å². The predicted molar refractivity (Wildman–Crippen MR) is 100 cm³/mol. The van der Waals surface area contributed by atoms with E-state index in [4.69, 9.17) is 0 Å². The number of hydrogen-bond donors (Lipinski definition) is 1. The SMILES string of the molecule is CC(C)(NC(=O)c1ccc([N+](=O)[O-])cc1)N1CCN(c2ncccn2)CC1. The summed E-state index contributed by atoms with van der Waals surface area (Å²) in [5.74, 6) is 0.452. The number of amides is 1. The highest BCUT2D eigenvalue weighted by Crippen LogP contribution is 2.18. The van der Waals surface area contributed by atoms with Crippen molar-refractivity contribution in [1.82, 2.24) is 20.2 Å². The van der Waals surface area contributed by atoms with Crippen LogP contribution in [0.25, 0.3) is 0 Å². The molecule has 0 aliphatic carbocycles. The lowest BCUT2D eigenvalue weighted by atomic mass is 10.1. The molecule has 1 saturated heterocycles. The molecule has 3 rings (SSSR count). The minimum atomic E-state index is -0.553. The average molecular weight is 370 g/mol. The van der Waals surface area contributed by atoms with Crippen LogP contribution in [0.3, 0.4) is 0 Å². The van der Waals surface area contributed by atoms with Gasteiger partial charge >= 0.3 is 0 Å². The van der Waals surface area contributed by atoms with Crippen LogP contribution >= 0.6 is 0 Å². The van der Waals surface area contributed by atoms with Crippen LogP contribution < -0.4 is 10.2 Å². The molecule has 0 saturated carbocycles. The Morgan fingerprint density at radius 3 is 2.26 bits per heavy atom. The molecule has 1 aromatic carbocycles. The van der Waals surface area contributed by atoms with E-state index in [1.807, 2.05) is 13.8 Å². The van der Waals surface area contributed by atoms with Gasteiger partial charge in [-0.3, -0.25) is 19.8 Å². The van der Waals surface area contributed by atoms with Crippen LogP contribution in [0, 0.1) is 10.1 Å². The third kappa shape index (κ3) is 4.37. The Hall–Kier alpha value is -3.07. The quantitative estimate of drug-likeness (QED) is 0.630. The van der Waals surface area contributed by atoms with Gasteiger partial charge in [0.1, 0.15) is 0 Å². The van der Waals surface area contributed by atoms with Crippen molar-refractivity contribution in [3.05, 3.63) is 58.4 Å². The third-order valence-electron chi connectivity index (χ3n) is 4.66. The van der Waals surface area contributed by atoms with Gasteiger partial charge in [-0.05, 0) is 32.0 Å². The van der Waals surface area contributed by atoms with E-state index in [-0.39, 0.29) is 11.6 Å². The Morgan fingerprint density at radius 1 is 1.11 bits per heavy atom. The first-order chi connectivity index (χ1) is 12.9. The normalized spacial score (nSPS) is 15.4. The van der Waals surface area contributed by atoms with Gasteiger partial charge in [0.25, 0.3) is 11.6 Å². The lowest BCUT2D eigenvalue weighted by Gasteiger charge is -2.44. The number of benzene rings is 1. The predicted octanol–water partition coefficient (Wildman–Crippen LogP) is 1.67. The van der Waals surface area contributed by atoms with Crippen molar-refractivity contribution < 1.29 is 9.72 Å². The Balaban J connectivity index is 1.59. The Morgan fingerprint density at radius 2 is 1.70 bits per heavy atom. The molecule has 2 heterocycles. The summed E-state index contributed by atoms with van der Waals surface area (Å²) in [4.78, 5) is 35.6. The summed E-state index contributed by atoms with van der Waals surface area (Å²) < 4.78 is 0. The number of carbonyl (C=O) groups is 1. The van der Waals surface area contributed by atoms with E-state index in [1.165, 1.54) is 24.3 Å². The van der Waals surface area contributed by atoms with Gasteiger partial charge in [0.05, 0.1) is 10.6 Å². The van der Waals surface area contributed by atoms with Crippen molar-refractivity contribution in [3.63, 3.8) is 0 Å². The fraction of sp³-hybridized carbons (Fsp3) is 0.389. The highest BCUT2D eigenvalue weighted by molar-refractivity contribution is 5.94. The number of hydrogen-bond acceptors (Lipinski definition) is 7. The molecule has 27 heavy (non-hydrogen) atoms. The average Bonchev–Trinajstić information content (AvgIpc) is 2.68. The van der Waals surface area contributed by atoms with Crippen molar-refractivity contribution in [2.24, 2.45) is 0 Å². The minimum absolute atomic E-state index is 0.0370. The van der Waals surface area contributed by atoms with E-state index in [0.717, 1.165) is 26.2 Å². The number of nitrogens with one attached hydrogen (secondary N) is 1. The molecule has 1 aliphatic heterocycles. The van der Waals surface area contributed by atoms with E-state index in [9.17, 15) is 14.9 Å². The second kappa shape index (κ2) is 7.67. The van der Waals surface area contributed by atoms with Crippen LogP contribution in [0.15, 0.2) is 42.7 Å².